The molecule has 11 heavy (non-hydrogen) atoms. The van der Waals surface area contributed by atoms with Crippen molar-refractivity contribution in [2.24, 2.45) is 11.8 Å². The molecule has 0 bridgehead atoms. The van der Waals surface area contributed by atoms with Crippen LogP contribution in [-0.4, -0.2) is 23.2 Å². The van der Waals surface area contributed by atoms with E-state index in [0.29, 0.717) is 12.3 Å². The van der Waals surface area contributed by atoms with Crippen LogP contribution in [0.2, 0.25) is 0 Å². The van der Waals surface area contributed by atoms with E-state index in [-0.39, 0.29) is 24.0 Å². The monoisotopic (exact) mass is 161 g/mol. The Morgan fingerprint density at radius 2 is 2.09 bits per heavy atom. The first-order chi connectivity index (χ1) is 5.07. The number of nitro groups is 1. The summed E-state index contributed by atoms with van der Waals surface area (Å²) in [5.74, 6) is 0.389. The van der Waals surface area contributed by atoms with Crippen LogP contribution in [0.5, 0.6) is 0 Å². The van der Waals surface area contributed by atoms with Gasteiger partial charge in [0.05, 0.1) is 0 Å². The number of aliphatic hydroxyl groups excluding tert-OH is 1. The molecule has 4 nitrogen and oxygen atoms in total. The summed E-state index contributed by atoms with van der Waals surface area (Å²) < 4.78 is 0. The third-order valence-electron chi connectivity index (χ3n) is 1.86. The van der Waals surface area contributed by atoms with Gasteiger partial charge in [0.15, 0.2) is 0 Å². The number of nitrogens with zero attached hydrogens (tertiary/aromatic N) is 1. The maximum atomic E-state index is 9.97. The summed E-state index contributed by atoms with van der Waals surface area (Å²) in [4.78, 5) is 9.62. The Kier molecular flexibility index (Phi) is 4.77. The van der Waals surface area contributed by atoms with Crippen molar-refractivity contribution in [3.63, 3.8) is 0 Å². The van der Waals surface area contributed by atoms with Crippen LogP contribution < -0.4 is 0 Å². The highest BCUT2D eigenvalue weighted by atomic mass is 16.6. The maximum absolute atomic E-state index is 9.97. The first-order valence-corrected chi connectivity index (χ1v) is 3.80. The number of hydrogen-bond donors (Lipinski definition) is 1. The van der Waals surface area contributed by atoms with Gasteiger partial charge in [0.25, 0.3) is 0 Å². The van der Waals surface area contributed by atoms with E-state index in [0.717, 1.165) is 0 Å². The second kappa shape index (κ2) is 5.07. The predicted molar refractivity (Wildman–Crippen MR) is 41.9 cm³/mol. The normalized spacial score (nSPS) is 13.5. The van der Waals surface area contributed by atoms with Crippen LogP contribution >= 0.6 is 0 Å². The van der Waals surface area contributed by atoms with E-state index in [9.17, 15) is 10.1 Å². The van der Waals surface area contributed by atoms with E-state index in [1.165, 1.54) is 0 Å². The third-order valence-corrected chi connectivity index (χ3v) is 1.86. The van der Waals surface area contributed by atoms with Crippen molar-refractivity contribution in [3.8, 4) is 0 Å². The van der Waals surface area contributed by atoms with Crippen molar-refractivity contribution >= 4 is 0 Å². The first kappa shape index (κ1) is 10.4. The molecule has 1 N–H and O–H groups in total. The second-order valence-corrected chi connectivity index (χ2v) is 3.03. The smallest absolute Gasteiger partial charge is 0.204 e. The first-order valence-electron chi connectivity index (χ1n) is 3.80. The number of hydrogen-bond acceptors (Lipinski definition) is 3. The largest absolute Gasteiger partial charge is 0.396 e. The highest BCUT2D eigenvalue weighted by Crippen LogP contribution is 2.13. The van der Waals surface area contributed by atoms with Gasteiger partial charge in [-0.15, -0.1) is 0 Å². The number of rotatable bonds is 5. The Bertz CT molecular complexity index is 125. The van der Waals surface area contributed by atoms with Crippen LogP contribution in [0, 0.1) is 22.0 Å². The molecule has 0 aromatic carbocycles. The van der Waals surface area contributed by atoms with Crippen molar-refractivity contribution in [1.82, 2.24) is 0 Å². The van der Waals surface area contributed by atoms with E-state index in [1.54, 1.807) is 0 Å². The zero-order valence-electron chi connectivity index (χ0n) is 6.99. The zero-order chi connectivity index (χ0) is 8.85. The molecular weight excluding hydrogens is 146 g/mol. The molecule has 0 radical (unpaired) electrons. The lowest BCUT2D eigenvalue weighted by atomic mass is 9.94. The van der Waals surface area contributed by atoms with Crippen molar-refractivity contribution in [2.45, 2.75) is 20.3 Å². The molecule has 0 aromatic heterocycles. The van der Waals surface area contributed by atoms with Gasteiger partial charge in [-0.1, -0.05) is 13.8 Å². The minimum absolute atomic E-state index is 0.0383. The van der Waals surface area contributed by atoms with Crippen molar-refractivity contribution in [2.75, 3.05) is 13.2 Å². The molecule has 0 amide bonds. The van der Waals surface area contributed by atoms with Gasteiger partial charge in [-0.2, -0.15) is 0 Å². The van der Waals surface area contributed by atoms with Crippen LogP contribution in [0.15, 0.2) is 0 Å². The minimum Gasteiger partial charge on any atom is -0.396 e. The topological polar surface area (TPSA) is 63.4 Å². The highest BCUT2D eigenvalue weighted by Gasteiger charge is 2.14. The third kappa shape index (κ3) is 4.72. The van der Waals surface area contributed by atoms with Gasteiger partial charge in [0.1, 0.15) is 0 Å². The minimum atomic E-state index is -0.342. The predicted octanol–water partition coefficient (Wildman–Crippen LogP) is 0.918. The van der Waals surface area contributed by atoms with Crippen LogP contribution in [0.3, 0.4) is 0 Å². The molecule has 0 aliphatic carbocycles. The molecule has 0 aliphatic heterocycles. The average Bonchev–Trinajstić information content (AvgIpc) is 1.87. The van der Waals surface area contributed by atoms with Crippen molar-refractivity contribution in [3.05, 3.63) is 10.1 Å². The van der Waals surface area contributed by atoms with Gasteiger partial charge < -0.3 is 5.11 Å². The lowest BCUT2D eigenvalue weighted by molar-refractivity contribution is -0.482. The molecular formula is C7H15NO3. The molecule has 4 heteroatoms. The standard InChI is InChI=1S/C7H15NO3/c1-6(2)7(5-9)3-4-8(10)11/h6-7,9H,3-5H2,1-2H3/t7-/m0/s1. The van der Waals surface area contributed by atoms with Gasteiger partial charge in [-0.3, -0.25) is 10.1 Å². The van der Waals surface area contributed by atoms with Crippen LogP contribution in [0.25, 0.3) is 0 Å². The Balaban J connectivity index is 3.61. The molecule has 0 spiro atoms. The fraction of sp³-hybridized carbons (Fsp3) is 1.00. The number of aliphatic hydroxyl groups is 1. The summed E-state index contributed by atoms with van der Waals surface area (Å²) in [6.45, 7) is 3.93. The molecule has 1 atom stereocenters. The Hall–Kier alpha value is -0.640. The van der Waals surface area contributed by atoms with E-state index >= 15 is 0 Å². The molecule has 0 heterocycles. The maximum Gasteiger partial charge on any atom is 0.204 e. The summed E-state index contributed by atoms with van der Waals surface area (Å²) in [7, 11) is 0. The van der Waals surface area contributed by atoms with Gasteiger partial charge in [0.2, 0.25) is 6.54 Å². The van der Waals surface area contributed by atoms with Gasteiger partial charge in [-0.25, -0.2) is 0 Å². The molecule has 66 valence electrons. The van der Waals surface area contributed by atoms with E-state index in [1.807, 2.05) is 13.8 Å². The zero-order valence-corrected chi connectivity index (χ0v) is 6.99. The molecule has 0 aromatic rings. The van der Waals surface area contributed by atoms with E-state index < -0.39 is 0 Å². The lowest BCUT2D eigenvalue weighted by Gasteiger charge is -2.15. The van der Waals surface area contributed by atoms with Gasteiger partial charge >= 0.3 is 0 Å². The average molecular weight is 161 g/mol. The summed E-state index contributed by atoms with van der Waals surface area (Å²) in [6.07, 6.45) is 0.473. The lowest BCUT2D eigenvalue weighted by Crippen LogP contribution is -2.17. The quantitative estimate of drug-likeness (QED) is 0.481. The Morgan fingerprint density at radius 1 is 1.55 bits per heavy atom. The second-order valence-electron chi connectivity index (χ2n) is 3.03. The molecule has 0 unspecified atom stereocenters. The fourth-order valence-electron chi connectivity index (χ4n) is 0.907. The molecule has 0 aliphatic rings. The fourth-order valence-corrected chi connectivity index (χ4v) is 0.907. The van der Waals surface area contributed by atoms with Gasteiger partial charge in [-0.05, 0) is 11.8 Å². The summed E-state index contributed by atoms with van der Waals surface area (Å²) in [5.41, 5.74) is 0. The Labute approximate surface area is 66.4 Å². The van der Waals surface area contributed by atoms with E-state index in [2.05, 4.69) is 0 Å². The van der Waals surface area contributed by atoms with Crippen LogP contribution in [0.4, 0.5) is 0 Å². The molecule has 0 fully saturated rings. The summed E-state index contributed by atoms with van der Waals surface area (Å²) >= 11 is 0. The van der Waals surface area contributed by atoms with Gasteiger partial charge in [0, 0.05) is 18.0 Å². The Morgan fingerprint density at radius 3 is 2.36 bits per heavy atom. The highest BCUT2D eigenvalue weighted by molar-refractivity contribution is 4.60. The SMILES string of the molecule is CC(C)[C@H](CO)CC[N+](=O)[O-]. The molecule has 0 saturated carbocycles. The van der Waals surface area contributed by atoms with Crippen molar-refractivity contribution < 1.29 is 10.0 Å². The molecule has 0 rings (SSSR count). The van der Waals surface area contributed by atoms with Crippen LogP contribution in [-0.2, 0) is 0 Å². The molecule has 0 saturated heterocycles. The van der Waals surface area contributed by atoms with Crippen molar-refractivity contribution in [1.29, 1.82) is 0 Å². The van der Waals surface area contributed by atoms with E-state index in [4.69, 9.17) is 5.11 Å². The summed E-state index contributed by atoms with van der Waals surface area (Å²) in [6, 6.07) is 0. The van der Waals surface area contributed by atoms with Crippen LogP contribution in [0.1, 0.15) is 20.3 Å². The summed E-state index contributed by atoms with van der Waals surface area (Å²) in [5, 5.41) is 18.8.